The number of fused-ring (bicyclic) bond motifs is 1. The van der Waals surface area contributed by atoms with Crippen molar-refractivity contribution in [2.24, 2.45) is 0 Å². The van der Waals surface area contributed by atoms with E-state index in [0.717, 1.165) is 35.6 Å². The van der Waals surface area contributed by atoms with E-state index in [-0.39, 0.29) is 23.2 Å². The third kappa shape index (κ3) is 4.02. The van der Waals surface area contributed by atoms with Crippen LogP contribution in [0.5, 0.6) is 0 Å². The minimum atomic E-state index is -0.449. The highest BCUT2D eigenvalue weighted by Gasteiger charge is 2.36. The molecular formula is C21H20N4O4S. The van der Waals surface area contributed by atoms with Crippen molar-refractivity contribution in [2.75, 3.05) is 5.32 Å². The van der Waals surface area contributed by atoms with Crippen molar-refractivity contribution in [3.8, 4) is 0 Å². The van der Waals surface area contributed by atoms with Gasteiger partial charge < -0.3 is 4.42 Å². The van der Waals surface area contributed by atoms with Crippen LogP contribution < -0.4 is 5.32 Å². The molecule has 154 valence electrons. The highest BCUT2D eigenvalue weighted by molar-refractivity contribution is 7.15. The van der Waals surface area contributed by atoms with Crippen molar-refractivity contribution < 1.29 is 18.8 Å². The van der Waals surface area contributed by atoms with Gasteiger partial charge in [0, 0.05) is 12.0 Å². The van der Waals surface area contributed by atoms with Crippen molar-refractivity contribution >= 4 is 34.2 Å². The Labute approximate surface area is 176 Å². The highest BCUT2D eigenvalue weighted by atomic mass is 32.1. The normalized spacial score (nSPS) is 13.0. The van der Waals surface area contributed by atoms with Crippen LogP contribution in [0.2, 0.25) is 0 Å². The molecule has 9 heteroatoms. The van der Waals surface area contributed by atoms with Gasteiger partial charge in [0.1, 0.15) is 10.8 Å². The van der Waals surface area contributed by atoms with Crippen molar-refractivity contribution in [1.82, 2.24) is 15.1 Å². The lowest BCUT2D eigenvalue weighted by Gasteiger charge is -2.11. The number of carbonyl (C=O) groups is 3. The molecule has 0 radical (unpaired) electrons. The minimum Gasteiger partial charge on any atom is -0.467 e. The number of imide groups is 1. The summed E-state index contributed by atoms with van der Waals surface area (Å²) in [6.45, 7) is 2.18. The Balaban J connectivity index is 1.46. The van der Waals surface area contributed by atoms with Crippen molar-refractivity contribution in [2.45, 2.75) is 39.2 Å². The van der Waals surface area contributed by atoms with Gasteiger partial charge in [0.25, 0.3) is 17.7 Å². The van der Waals surface area contributed by atoms with Gasteiger partial charge in [-0.3, -0.25) is 24.6 Å². The summed E-state index contributed by atoms with van der Waals surface area (Å²) >= 11 is 1.34. The van der Waals surface area contributed by atoms with Crippen LogP contribution in [0.1, 0.15) is 68.0 Å². The van der Waals surface area contributed by atoms with Gasteiger partial charge in [0.2, 0.25) is 5.13 Å². The summed E-state index contributed by atoms with van der Waals surface area (Å²) in [4.78, 5) is 39.0. The van der Waals surface area contributed by atoms with Crippen LogP contribution in [-0.2, 0) is 13.0 Å². The van der Waals surface area contributed by atoms with Gasteiger partial charge in [-0.1, -0.05) is 31.1 Å². The SMILES string of the molecule is CCCCCc1nnc(NC(=O)c2ccc3c(c2)C(=O)N(Cc2ccco2)C3=O)s1. The molecular weight excluding hydrogens is 404 g/mol. The number of aryl methyl sites for hydroxylation is 1. The number of unbranched alkanes of at least 4 members (excludes halogenated alkanes) is 2. The van der Waals surface area contributed by atoms with E-state index in [1.165, 1.54) is 35.8 Å². The number of amides is 3. The van der Waals surface area contributed by atoms with E-state index >= 15 is 0 Å². The van der Waals surface area contributed by atoms with E-state index < -0.39 is 17.7 Å². The first-order valence-corrected chi connectivity index (χ1v) is 10.5. The van der Waals surface area contributed by atoms with Crippen molar-refractivity contribution in [1.29, 1.82) is 0 Å². The van der Waals surface area contributed by atoms with Crippen LogP contribution in [0.3, 0.4) is 0 Å². The maximum absolute atomic E-state index is 12.7. The number of nitrogens with zero attached hydrogens (tertiary/aromatic N) is 3. The Morgan fingerprint density at radius 3 is 2.73 bits per heavy atom. The van der Waals surface area contributed by atoms with Crippen LogP contribution in [0.4, 0.5) is 5.13 Å². The zero-order valence-electron chi connectivity index (χ0n) is 16.4. The zero-order chi connectivity index (χ0) is 21.1. The molecule has 4 rings (SSSR count). The van der Waals surface area contributed by atoms with E-state index in [1.807, 2.05) is 0 Å². The van der Waals surface area contributed by atoms with Crippen LogP contribution in [0.15, 0.2) is 41.0 Å². The third-order valence-corrected chi connectivity index (χ3v) is 5.71. The smallest absolute Gasteiger partial charge is 0.261 e. The first-order chi connectivity index (χ1) is 14.6. The van der Waals surface area contributed by atoms with Gasteiger partial charge >= 0.3 is 0 Å². The second-order valence-corrected chi connectivity index (χ2v) is 8.01. The summed E-state index contributed by atoms with van der Waals surface area (Å²) in [7, 11) is 0. The Hall–Kier alpha value is -3.33. The number of hydrogen-bond donors (Lipinski definition) is 1. The lowest BCUT2D eigenvalue weighted by atomic mass is 10.1. The summed E-state index contributed by atoms with van der Waals surface area (Å²) < 4.78 is 5.23. The fourth-order valence-corrected chi connectivity index (χ4v) is 4.01. The van der Waals surface area contributed by atoms with Crippen LogP contribution in [-0.4, -0.2) is 32.8 Å². The standard InChI is InChI=1S/C21H20N4O4S/c1-2-3-4-7-17-23-24-21(30-17)22-18(26)13-8-9-15-16(11-13)20(28)25(19(15)27)12-14-6-5-10-29-14/h5-6,8-11H,2-4,7,12H2,1H3,(H,22,24,26). The predicted octanol–water partition coefficient (Wildman–Crippen LogP) is 3.91. The van der Waals surface area contributed by atoms with Gasteiger partial charge in [-0.15, -0.1) is 10.2 Å². The van der Waals surface area contributed by atoms with Gasteiger partial charge in [-0.05, 0) is 36.8 Å². The molecule has 30 heavy (non-hydrogen) atoms. The minimum absolute atomic E-state index is 0.0481. The number of furan rings is 1. The highest BCUT2D eigenvalue weighted by Crippen LogP contribution is 2.26. The molecule has 0 aliphatic carbocycles. The molecule has 3 aromatic rings. The number of benzene rings is 1. The summed E-state index contributed by atoms with van der Waals surface area (Å²) in [5.74, 6) is -0.748. The molecule has 8 nitrogen and oxygen atoms in total. The molecule has 0 bridgehead atoms. The van der Waals surface area contributed by atoms with E-state index in [0.29, 0.717) is 10.9 Å². The van der Waals surface area contributed by atoms with Crippen LogP contribution in [0.25, 0.3) is 0 Å². The largest absolute Gasteiger partial charge is 0.467 e. The molecule has 0 unspecified atom stereocenters. The first kappa shape index (κ1) is 20.0. The predicted molar refractivity (Wildman–Crippen MR) is 110 cm³/mol. The molecule has 2 aromatic heterocycles. The average Bonchev–Trinajstić information content (AvgIpc) is 3.47. The number of aromatic nitrogens is 2. The molecule has 1 aliphatic rings. The molecule has 1 N–H and O–H groups in total. The van der Waals surface area contributed by atoms with Crippen LogP contribution >= 0.6 is 11.3 Å². The number of hydrogen-bond acceptors (Lipinski definition) is 7. The van der Waals surface area contributed by atoms with Crippen molar-refractivity contribution in [3.05, 3.63) is 64.1 Å². The van der Waals surface area contributed by atoms with E-state index in [1.54, 1.807) is 12.1 Å². The first-order valence-electron chi connectivity index (χ1n) is 9.73. The molecule has 0 atom stereocenters. The summed E-state index contributed by atoms with van der Waals surface area (Å²) in [5.41, 5.74) is 0.756. The summed E-state index contributed by atoms with van der Waals surface area (Å²) in [6, 6.07) is 7.86. The Bertz CT molecular complexity index is 1090. The maximum Gasteiger partial charge on any atom is 0.261 e. The number of rotatable bonds is 8. The van der Waals surface area contributed by atoms with Gasteiger partial charge in [-0.2, -0.15) is 0 Å². The quantitative estimate of drug-likeness (QED) is 0.434. The maximum atomic E-state index is 12.7. The second kappa shape index (κ2) is 8.58. The molecule has 3 heterocycles. The summed E-state index contributed by atoms with van der Waals surface area (Å²) in [6.07, 6.45) is 5.61. The Kier molecular flexibility index (Phi) is 5.71. The lowest BCUT2D eigenvalue weighted by molar-refractivity contribution is 0.0631. The van der Waals surface area contributed by atoms with E-state index in [9.17, 15) is 14.4 Å². The zero-order valence-corrected chi connectivity index (χ0v) is 17.2. The van der Waals surface area contributed by atoms with Crippen LogP contribution in [0, 0.1) is 0 Å². The molecule has 3 amide bonds. The molecule has 0 spiro atoms. The van der Waals surface area contributed by atoms with Gasteiger partial charge in [0.05, 0.1) is 23.9 Å². The summed E-state index contributed by atoms with van der Waals surface area (Å²) in [5, 5.41) is 12.1. The average molecular weight is 424 g/mol. The molecule has 0 saturated carbocycles. The third-order valence-electron chi connectivity index (χ3n) is 4.81. The Morgan fingerprint density at radius 1 is 1.13 bits per heavy atom. The van der Waals surface area contributed by atoms with E-state index in [4.69, 9.17) is 4.42 Å². The molecule has 1 aromatic carbocycles. The monoisotopic (exact) mass is 424 g/mol. The molecule has 1 aliphatic heterocycles. The second-order valence-electron chi connectivity index (χ2n) is 6.95. The number of nitrogens with one attached hydrogen (secondary N) is 1. The van der Waals surface area contributed by atoms with Crippen molar-refractivity contribution in [3.63, 3.8) is 0 Å². The molecule has 0 saturated heterocycles. The number of anilines is 1. The van der Waals surface area contributed by atoms with Gasteiger partial charge in [-0.25, -0.2) is 0 Å². The topological polar surface area (TPSA) is 105 Å². The fraction of sp³-hybridized carbons (Fsp3) is 0.286. The number of carbonyl (C=O) groups excluding carboxylic acids is 3. The van der Waals surface area contributed by atoms with Gasteiger partial charge in [0.15, 0.2) is 0 Å². The lowest BCUT2D eigenvalue weighted by Crippen LogP contribution is -2.28. The van der Waals surface area contributed by atoms with E-state index in [2.05, 4.69) is 22.4 Å². The molecule has 0 fully saturated rings. The fourth-order valence-electron chi connectivity index (χ4n) is 3.23. The Morgan fingerprint density at radius 2 is 1.97 bits per heavy atom.